The van der Waals surface area contributed by atoms with Crippen LogP contribution in [0.4, 0.5) is 23.2 Å². The van der Waals surface area contributed by atoms with Crippen LogP contribution in [0.5, 0.6) is 0 Å². The van der Waals surface area contributed by atoms with Gasteiger partial charge in [-0.25, -0.2) is 12.8 Å². The second-order valence-electron chi connectivity index (χ2n) is 8.67. The van der Waals surface area contributed by atoms with Gasteiger partial charge in [-0.2, -0.15) is 13.2 Å². The van der Waals surface area contributed by atoms with Gasteiger partial charge in [-0.1, -0.05) is 48.0 Å². The van der Waals surface area contributed by atoms with Crippen LogP contribution in [0.1, 0.15) is 25.0 Å². The third kappa shape index (κ3) is 7.11. The summed E-state index contributed by atoms with van der Waals surface area (Å²) in [6.45, 7) is 1.86. The molecule has 0 saturated heterocycles. The summed E-state index contributed by atoms with van der Waals surface area (Å²) >= 11 is 5.74. The molecule has 1 atom stereocenters. The third-order valence-corrected chi connectivity index (χ3v) is 8.09. The van der Waals surface area contributed by atoms with E-state index in [1.165, 1.54) is 49.4 Å². The molecule has 0 spiro atoms. The molecule has 13 heteroatoms. The minimum atomic E-state index is -4.91. The second-order valence-corrected chi connectivity index (χ2v) is 10.9. The van der Waals surface area contributed by atoms with Gasteiger partial charge in [0.25, 0.3) is 10.0 Å². The zero-order valence-corrected chi connectivity index (χ0v) is 23.0. The molecule has 3 aromatic carbocycles. The number of carbonyl (C=O) groups excluding carboxylic acids is 2. The third-order valence-electron chi connectivity index (χ3n) is 5.97. The van der Waals surface area contributed by atoms with Crippen LogP contribution in [-0.4, -0.2) is 44.3 Å². The number of carbonyl (C=O) groups is 2. The normalized spacial score (nSPS) is 12.5. The van der Waals surface area contributed by atoms with Gasteiger partial charge in [-0.05, 0) is 50.2 Å². The molecule has 0 heterocycles. The standard InChI is InChI=1S/C27H26ClF4N3O4S/c1-3-33-26(37)18(2)34(16-19-9-7-8-12-24(19)29)25(36)17-35(40(38,39)21-10-5-4-6-11-21)20-13-14-23(28)22(15-20)27(30,31)32/h4-15,18H,3,16-17H2,1-2H3,(H,33,37)/t18-/m1/s1. The Balaban J connectivity index is 2.12. The lowest BCUT2D eigenvalue weighted by Gasteiger charge is -2.32. The molecule has 2 amide bonds. The average Bonchev–Trinajstić information content (AvgIpc) is 2.91. The molecule has 0 radical (unpaired) electrons. The molecule has 0 aromatic heterocycles. The van der Waals surface area contributed by atoms with Gasteiger partial charge in [0.15, 0.2) is 0 Å². The van der Waals surface area contributed by atoms with Crippen molar-refractivity contribution in [3.05, 3.63) is 94.8 Å². The van der Waals surface area contributed by atoms with Crippen molar-refractivity contribution < 1.29 is 35.6 Å². The minimum absolute atomic E-state index is 0.0512. The number of alkyl halides is 3. The van der Waals surface area contributed by atoms with Crippen molar-refractivity contribution in [3.63, 3.8) is 0 Å². The molecule has 0 aliphatic rings. The summed E-state index contributed by atoms with van der Waals surface area (Å²) in [5.41, 5.74) is -1.73. The molecule has 3 aromatic rings. The van der Waals surface area contributed by atoms with E-state index in [2.05, 4.69) is 5.32 Å². The number of rotatable bonds is 10. The van der Waals surface area contributed by atoms with Crippen LogP contribution >= 0.6 is 11.6 Å². The highest BCUT2D eigenvalue weighted by molar-refractivity contribution is 7.92. The van der Waals surface area contributed by atoms with E-state index in [1.54, 1.807) is 13.0 Å². The molecule has 0 aliphatic heterocycles. The lowest BCUT2D eigenvalue weighted by atomic mass is 10.1. The van der Waals surface area contributed by atoms with Crippen molar-refractivity contribution in [2.45, 2.75) is 37.5 Å². The van der Waals surface area contributed by atoms with E-state index in [0.29, 0.717) is 10.4 Å². The molecule has 214 valence electrons. The minimum Gasteiger partial charge on any atom is -0.355 e. The number of hydrogen-bond donors (Lipinski definition) is 1. The first-order valence-electron chi connectivity index (χ1n) is 12.0. The van der Waals surface area contributed by atoms with Gasteiger partial charge in [-0.15, -0.1) is 0 Å². The SMILES string of the molecule is CCNC(=O)[C@@H](C)N(Cc1ccccc1F)C(=O)CN(c1ccc(Cl)c(C(F)(F)F)c1)S(=O)(=O)c1ccccc1. The summed E-state index contributed by atoms with van der Waals surface area (Å²) in [6.07, 6.45) is -4.91. The number of amides is 2. The van der Waals surface area contributed by atoms with E-state index >= 15 is 0 Å². The molecule has 0 aliphatic carbocycles. The van der Waals surface area contributed by atoms with E-state index < -0.39 is 69.2 Å². The maximum atomic E-state index is 14.5. The molecule has 3 rings (SSSR count). The molecule has 40 heavy (non-hydrogen) atoms. The number of likely N-dealkylation sites (N-methyl/N-ethyl adjacent to an activating group) is 1. The van der Waals surface area contributed by atoms with Gasteiger partial charge in [0, 0.05) is 18.7 Å². The topological polar surface area (TPSA) is 86.8 Å². The van der Waals surface area contributed by atoms with Gasteiger partial charge < -0.3 is 10.2 Å². The molecule has 0 bridgehead atoms. The number of sulfonamides is 1. The van der Waals surface area contributed by atoms with Crippen LogP contribution in [-0.2, 0) is 32.3 Å². The zero-order valence-electron chi connectivity index (χ0n) is 21.5. The Labute approximate surface area is 234 Å². The largest absolute Gasteiger partial charge is 0.417 e. The van der Waals surface area contributed by atoms with Crippen LogP contribution in [0, 0.1) is 5.82 Å². The van der Waals surface area contributed by atoms with E-state index in [9.17, 15) is 35.6 Å². The number of halogens is 5. The Morgan fingerprint density at radius 2 is 1.62 bits per heavy atom. The fourth-order valence-electron chi connectivity index (χ4n) is 3.85. The number of benzene rings is 3. The fourth-order valence-corrected chi connectivity index (χ4v) is 5.50. The van der Waals surface area contributed by atoms with Crippen molar-refractivity contribution >= 4 is 39.1 Å². The highest BCUT2D eigenvalue weighted by Crippen LogP contribution is 2.38. The van der Waals surface area contributed by atoms with Gasteiger partial charge in [0.05, 0.1) is 21.2 Å². The van der Waals surface area contributed by atoms with Gasteiger partial charge >= 0.3 is 6.18 Å². The molecule has 7 nitrogen and oxygen atoms in total. The van der Waals surface area contributed by atoms with Gasteiger partial charge in [0.1, 0.15) is 18.4 Å². The highest BCUT2D eigenvalue weighted by atomic mass is 35.5. The van der Waals surface area contributed by atoms with E-state index in [4.69, 9.17) is 11.6 Å². The number of nitrogens with one attached hydrogen (secondary N) is 1. The van der Waals surface area contributed by atoms with Crippen LogP contribution in [0.3, 0.4) is 0 Å². The fraction of sp³-hybridized carbons (Fsp3) is 0.259. The maximum absolute atomic E-state index is 14.5. The molecular formula is C27H26ClF4N3O4S. The predicted molar refractivity (Wildman–Crippen MR) is 143 cm³/mol. The molecular weight excluding hydrogens is 574 g/mol. The summed E-state index contributed by atoms with van der Waals surface area (Å²) in [6, 6.07) is 13.6. The van der Waals surface area contributed by atoms with Crippen LogP contribution in [0.15, 0.2) is 77.7 Å². The molecule has 1 N–H and O–H groups in total. The van der Waals surface area contributed by atoms with Crippen LogP contribution in [0.25, 0.3) is 0 Å². The van der Waals surface area contributed by atoms with Crippen molar-refractivity contribution in [2.75, 3.05) is 17.4 Å². The van der Waals surface area contributed by atoms with Crippen molar-refractivity contribution in [3.8, 4) is 0 Å². The Morgan fingerprint density at radius 1 is 1.00 bits per heavy atom. The van der Waals surface area contributed by atoms with E-state index in [1.807, 2.05) is 0 Å². The Hall–Kier alpha value is -3.64. The molecule has 0 saturated carbocycles. The molecule has 0 fully saturated rings. The maximum Gasteiger partial charge on any atom is 0.417 e. The Morgan fingerprint density at radius 3 is 2.23 bits per heavy atom. The Bertz CT molecular complexity index is 1470. The zero-order chi connectivity index (χ0) is 29.7. The highest BCUT2D eigenvalue weighted by Gasteiger charge is 2.37. The predicted octanol–water partition coefficient (Wildman–Crippen LogP) is 5.25. The lowest BCUT2D eigenvalue weighted by Crippen LogP contribution is -2.51. The summed E-state index contributed by atoms with van der Waals surface area (Å²) in [5.74, 6) is -2.20. The van der Waals surface area contributed by atoms with E-state index in [0.717, 1.165) is 23.1 Å². The molecule has 0 unspecified atom stereocenters. The van der Waals surface area contributed by atoms with E-state index in [-0.39, 0.29) is 17.0 Å². The number of nitrogens with zero attached hydrogens (tertiary/aromatic N) is 2. The second kappa shape index (κ2) is 12.7. The average molecular weight is 600 g/mol. The summed E-state index contributed by atoms with van der Waals surface area (Å²) in [4.78, 5) is 27.0. The monoisotopic (exact) mass is 599 g/mol. The van der Waals surface area contributed by atoms with Crippen LogP contribution in [0.2, 0.25) is 5.02 Å². The Kier molecular flexibility index (Phi) is 9.80. The van der Waals surface area contributed by atoms with Crippen molar-refractivity contribution in [2.24, 2.45) is 0 Å². The van der Waals surface area contributed by atoms with Crippen molar-refractivity contribution in [1.82, 2.24) is 10.2 Å². The first-order valence-corrected chi connectivity index (χ1v) is 13.8. The first-order chi connectivity index (χ1) is 18.8. The smallest absolute Gasteiger partial charge is 0.355 e. The lowest BCUT2D eigenvalue weighted by molar-refractivity contribution is -0.139. The first kappa shape index (κ1) is 30.9. The summed E-state index contributed by atoms with van der Waals surface area (Å²) in [7, 11) is -4.59. The quantitative estimate of drug-likeness (QED) is 0.323. The van der Waals surface area contributed by atoms with Gasteiger partial charge in [0.2, 0.25) is 11.8 Å². The number of hydrogen-bond acceptors (Lipinski definition) is 4. The number of anilines is 1. The van der Waals surface area contributed by atoms with Crippen LogP contribution < -0.4 is 9.62 Å². The van der Waals surface area contributed by atoms with Gasteiger partial charge in [-0.3, -0.25) is 13.9 Å². The summed E-state index contributed by atoms with van der Waals surface area (Å²) < 4.78 is 83.2. The van der Waals surface area contributed by atoms with Crippen molar-refractivity contribution in [1.29, 1.82) is 0 Å². The summed E-state index contributed by atoms with van der Waals surface area (Å²) in [5, 5.41) is 1.89.